The van der Waals surface area contributed by atoms with Gasteiger partial charge < -0.3 is 20.8 Å². The number of benzene rings is 1. The van der Waals surface area contributed by atoms with E-state index in [9.17, 15) is 4.79 Å². The number of fused-ring (bicyclic) bond motifs is 1. The van der Waals surface area contributed by atoms with Crippen molar-refractivity contribution in [3.63, 3.8) is 0 Å². The van der Waals surface area contributed by atoms with Gasteiger partial charge in [-0.1, -0.05) is 12.1 Å². The first-order valence-electron chi connectivity index (χ1n) is 9.15. The van der Waals surface area contributed by atoms with Crippen LogP contribution in [0.2, 0.25) is 0 Å². The van der Waals surface area contributed by atoms with E-state index < -0.39 is 0 Å². The van der Waals surface area contributed by atoms with Crippen molar-refractivity contribution in [2.45, 2.75) is 39.0 Å². The molecular weight excluding hydrogens is 455 g/mol. The lowest BCUT2D eigenvalue weighted by atomic mass is 9.90. The van der Waals surface area contributed by atoms with Gasteiger partial charge in [0.2, 0.25) is 0 Å². The number of anilines is 1. The van der Waals surface area contributed by atoms with Crippen molar-refractivity contribution in [2.24, 2.45) is 10.7 Å². The van der Waals surface area contributed by atoms with Crippen LogP contribution >= 0.6 is 24.0 Å². The Labute approximate surface area is 177 Å². The van der Waals surface area contributed by atoms with Gasteiger partial charge in [-0.3, -0.25) is 9.79 Å². The predicted octanol–water partition coefficient (Wildman–Crippen LogP) is 3.63. The predicted molar refractivity (Wildman–Crippen MR) is 119 cm³/mol. The molecule has 1 amide bonds. The fourth-order valence-corrected chi connectivity index (χ4v) is 3.24. The lowest BCUT2D eigenvalue weighted by molar-refractivity contribution is 0.0925. The zero-order valence-electron chi connectivity index (χ0n) is 15.6. The number of nitrogens with zero attached hydrogens (tertiary/aromatic N) is 1. The second-order valence-electron chi connectivity index (χ2n) is 6.58. The molecule has 0 radical (unpaired) electrons. The van der Waals surface area contributed by atoms with Crippen LogP contribution in [-0.4, -0.2) is 25.0 Å². The first-order valence-corrected chi connectivity index (χ1v) is 9.15. The minimum Gasteiger partial charge on any atom is -0.459 e. The molecule has 2 aromatic rings. The number of guanidine groups is 1. The van der Waals surface area contributed by atoms with Gasteiger partial charge in [0, 0.05) is 24.3 Å². The molecular formula is C20H27IN4O2. The molecule has 0 atom stereocenters. The standard InChI is InChI=1S/C20H26N4O2.HI/c1-14-10-13-26-18(14)19(25)22-11-5-12-23-20(21)24-17-9-4-7-15-6-2-3-8-16(15)17;/h4,7,9-10,13H,2-3,5-6,8,11-12H2,1H3,(H,22,25)(H3,21,23,24);1H. The molecule has 1 aliphatic rings. The number of amides is 1. The first kappa shape index (κ1) is 21.3. The summed E-state index contributed by atoms with van der Waals surface area (Å²) < 4.78 is 5.16. The van der Waals surface area contributed by atoms with Crippen LogP contribution in [0.4, 0.5) is 5.69 Å². The molecule has 0 bridgehead atoms. The fraction of sp³-hybridized carbons (Fsp3) is 0.400. The molecule has 0 saturated carbocycles. The van der Waals surface area contributed by atoms with Crippen molar-refractivity contribution in [3.8, 4) is 0 Å². The quantitative estimate of drug-likeness (QED) is 0.254. The summed E-state index contributed by atoms with van der Waals surface area (Å²) in [5, 5.41) is 6.05. The van der Waals surface area contributed by atoms with Crippen molar-refractivity contribution in [1.29, 1.82) is 0 Å². The molecule has 0 aliphatic heterocycles. The topological polar surface area (TPSA) is 92.7 Å². The summed E-state index contributed by atoms with van der Waals surface area (Å²) in [7, 11) is 0. The van der Waals surface area contributed by atoms with E-state index in [0.717, 1.165) is 24.1 Å². The summed E-state index contributed by atoms with van der Waals surface area (Å²) in [5.41, 5.74) is 10.7. The molecule has 1 aromatic carbocycles. The minimum atomic E-state index is -0.196. The Morgan fingerprint density at radius 2 is 2.07 bits per heavy atom. The lowest BCUT2D eigenvalue weighted by Gasteiger charge is -2.19. The third-order valence-electron chi connectivity index (χ3n) is 4.63. The molecule has 146 valence electrons. The number of rotatable bonds is 6. The maximum Gasteiger partial charge on any atom is 0.287 e. The third-order valence-corrected chi connectivity index (χ3v) is 4.63. The van der Waals surface area contributed by atoms with E-state index in [1.54, 1.807) is 6.07 Å². The Balaban J connectivity index is 0.00000261. The Morgan fingerprint density at radius 1 is 1.26 bits per heavy atom. The number of carbonyl (C=O) groups is 1. The van der Waals surface area contributed by atoms with Gasteiger partial charge in [0.25, 0.3) is 5.91 Å². The molecule has 0 spiro atoms. The Hall–Kier alpha value is -2.03. The van der Waals surface area contributed by atoms with Gasteiger partial charge in [-0.2, -0.15) is 0 Å². The van der Waals surface area contributed by atoms with Crippen molar-refractivity contribution >= 4 is 41.5 Å². The van der Waals surface area contributed by atoms with Crippen molar-refractivity contribution in [2.75, 3.05) is 18.4 Å². The minimum absolute atomic E-state index is 0. The molecule has 3 rings (SSSR count). The summed E-state index contributed by atoms with van der Waals surface area (Å²) >= 11 is 0. The van der Waals surface area contributed by atoms with E-state index in [-0.39, 0.29) is 29.9 Å². The zero-order chi connectivity index (χ0) is 18.4. The van der Waals surface area contributed by atoms with Gasteiger partial charge in [-0.05, 0) is 62.3 Å². The van der Waals surface area contributed by atoms with E-state index in [1.807, 2.05) is 6.92 Å². The number of nitrogens with one attached hydrogen (secondary N) is 2. The summed E-state index contributed by atoms with van der Waals surface area (Å²) in [6.07, 6.45) is 6.92. The summed E-state index contributed by atoms with van der Waals surface area (Å²) in [4.78, 5) is 16.3. The Kier molecular flexibility index (Phi) is 8.15. The average Bonchev–Trinajstić information content (AvgIpc) is 3.08. The third kappa shape index (κ3) is 5.72. The molecule has 1 aromatic heterocycles. The van der Waals surface area contributed by atoms with Crippen LogP contribution in [0, 0.1) is 6.92 Å². The maximum atomic E-state index is 11.9. The van der Waals surface area contributed by atoms with Crippen LogP contribution in [0.1, 0.15) is 46.5 Å². The van der Waals surface area contributed by atoms with Crippen LogP contribution in [0.3, 0.4) is 0 Å². The number of aryl methyl sites for hydroxylation is 2. The van der Waals surface area contributed by atoms with Crippen LogP contribution in [0.25, 0.3) is 0 Å². The number of aliphatic imine (C=N–C) groups is 1. The van der Waals surface area contributed by atoms with Gasteiger partial charge >= 0.3 is 0 Å². The Morgan fingerprint density at radius 3 is 2.85 bits per heavy atom. The van der Waals surface area contributed by atoms with Gasteiger partial charge in [-0.15, -0.1) is 24.0 Å². The smallest absolute Gasteiger partial charge is 0.287 e. The normalized spacial score (nSPS) is 13.4. The highest BCUT2D eigenvalue weighted by atomic mass is 127. The van der Waals surface area contributed by atoms with E-state index in [0.29, 0.717) is 31.2 Å². The van der Waals surface area contributed by atoms with Gasteiger partial charge in [0.15, 0.2) is 11.7 Å². The summed E-state index contributed by atoms with van der Waals surface area (Å²) in [6, 6.07) is 8.08. The maximum absolute atomic E-state index is 11.9. The molecule has 0 saturated heterocycles. The molecule has 6 nitrogen and oxygen atoms in total. The monoisotopic (exact) mass is 482 g/mol. The number of carbonyl (C=O) groups excluding carboxylic acids is 1. The van der Waals surface area contributed by atoms with Crippen molar-refractivity contribution < 1.29 is 9.21 Å². The number of nitrogens with two attached hydrogens (primary N) is 1. The highest BCUT2D eigenvalue weighted by Gasteiger charge is 2.13. The van der Waals surface area contributed by atoms with Crippen molar-refractivity contribution in [1.82, 2.24) is 5.32 Å². The SMILES string of the molecule is Cc1ccoc1C(=O)NCCCN=C(N)Nc1cccc2c1CCCC2.I. The number of furan rings is 1. The van der Waals surface area contributed by atoms with Crippen LogP contribution in [0.5, 0.6) is 0 Å². The number of halogens is 1. The van der Waals surface area contributed by atoms with E-state index in [4.69, 9.17) is 10.2 Å². The fourth-order valence-electron chi connectivity index (χ4n) is 3.24. The first-order chi connectivity index (χ1) is 12.6. The molecule has 0 fully saturated rings. The molecule has 7 heteroatoms. The zero-order valence-corrected chi connectivity index (χ0v) is 17.9. The molecule has 27 heavy (non-hydrogen) atoms. The molecule has 4 N–H and O–H groups in total. The van der Waals surface area contributed by atoms with Gasteiger partial charge in [-0.25, -0.2) is 0 Å². The molecule has 1 heterocycles. The van der Waals surface area contributed by atoms with Gasteiger partial charge in [0.1, 0.15) is 0 Å². The van der Waals surface area contributed by atoms with Crippen LogP contribution in [-0.2, 0) is 12.8 Å². The largest absolute Gasteiger partial charge is 0.459 e. The second kappa shape index (κ2) is 10.3. The average molecular weight is 482 g/mol. The molecule has 0 unspecified atom stereocenters. The Bertz CT molecular complexity index is 801. The van der Waals surface area contributed by atoms with Crippen LogP contribution in [0.15, 0.2) is 39.9 Å². The highest BCUT2D eigenvalue weighted by molar-refractivity contribution is 14.0. The lowest BCUT2D eigenvalue weighted by Crippen LogP contribution is -2.26. The van der Waals surface area contributed by atoms with E-state index >= 15 is 0 Å². The van der Waals surface area contributed by atoms with Gasteiger partial charge in [0.05, 0.1) is 6.26 Å². The van der Waals surface area contributed by atoms with Crippen molar-refractivity contribution in [3.05, 3.63) is 53.0 Å². The summed E-state index contributed by atoms with van der Waals surface area (Å²) in [5.74, 6) is 0.583. The number of hydrogen-bond donors (Lipinski definition) is 3. The van der Waals surface area contributed by atoms with E-state index in [2.05, 4.69) is 33.8 Å². The number of hydrogen-bond acceptors (Lipinski definition) is 3. The van der Waals surface area contributed by atoms with Crippen LogP contribution < -0.4 is 16.4 Å². The van der Waals surface area contributed by atoms with E-state index in [1.165, 1.54) is 30.2 Å². The second-order valence-corrected chi connectivity index (χ2v) is 6.58. The molecule has 1 aliphatic carbocycles. The highest BCUT2D eigenvalue weighted by Crippen LogP contribution is 2.27. The summed E-state index contributed by atoms with van der Waals surface area (Å²) in [6.45, 7) is 2.92.